The van der Waals surface area contributed by atoms with E-state index in [1.165, 1.54) is 6.20 Å². The van der Waals surface area contributed by atoms with Crippen molar-refractivity contribution in [2.24, 2.45) is 5.14 Å². The van der Waals surface area contributed by atoms with E-state index in [1.807, 2.05) is 0 Å². The van der Waals surface area contributed by atoms with Gasteiger partial charge in [-0.2, -0.15) is 15.4 Å². The monoisotopic (exact) mass is 233 g/mol. The highest BCUT2D eigenvalue weighted by Gasteiger charge is 2.08. The standard InChI is InChI=1S/C6H11N5O3S/c7-15(13,14)3-1-2-8-6(12)5-4-9-11-10-5/h4H,1-3H2,(H,8,12)(H2,7,13,14)(H,9,10,11). The molecule has 0 fully saturated rings. The molecule has 1 aromatic rings. The maximum atomic E-state index is 11.2. The van der Waals surface area contributed by atoms with Gasteiger partial charge in [0.2, 0.25) is 10.0 Å². The van der Waals surface area contributed by atoms with Crippen LogP contribution in [0.5, 0.6) is 0 Å². The van der Waals surface area contributed by atoms with Crippen molar-refractivity contribution >= 4 is 15.9 Å². The lowest BCUT2D eigenvalue weighted by atomic mass is 10.4. The topological polar surface area (TPSA) is 131 Å². The summed E-state index contributed by atoms with van der Waals surface area (Å²) in [6.45, 7) is 0.224. The van der Waals surface area contributed by atoms with Gasteiger partial charge in [-0.05, 0) is 6.42 Å². The molecule has 0 radical (unpaired) electrons. The molecule has 0 atom stereocenters. The van der Waals surface area contributed by atoms with E-state index in [1.54, 1.807) is 0 Å². The summed E-state index contributed by atoms with van der Waals surface area (Å²) in [6.07, 6.45) is 1.54. The van der Waals surface area contributed by atoms with Crippen LogP contribution in [0.4, 0.5) is 0 Å². The van der Waals surface area contributed by atoms with Crippen LogP contribution >= 0.6 is 0 Å². The van der Waals surface area contributed by atoms with Gasteiger partial charge in [0.05, 0.1) is 11.9 Å². The van der Waals surface area contributed by atoms with Gasteiger partial charge in [0.25, 0.3) is 5.91 Å². The number of primary sulfonamides is 1. The van der Waals surface area contributed by atoms with Crippen molar-refractivity contribution in [3.05, 3.63) is 11.9 Å². The van der Waals surface area contributed by atoms with Crippen molar-refractivity contribution < 1.29 is 13.2 Å². The minimum absolute atomic E-state index is 0.158. The molecule has 0 bridgehead atoms. The Morgan fingerprint density at radius 3 is 2.87 bits per heavy atom. The number of rotatable bonds is 5. The maximum absolute atomic E-state index is 11.2. The molecular formula is C6H11N5O3S. The summed E-state index contributed by atoms with van der Waals surface area (Å²) >= 11 is 0. The Kier molecular flexibility index (Phi) is 3.74. The Labute approximate surface area is 86.3 Å². The van der Waals surface area contributed by atoms with Crippen molar-refractivity contribution in [1.29, 1.82) is 0 Å². The van der Waals surface area contributed by atoms with Crippen molar-refractivity contribution in [2.45, 2.75) is 6.42 Å². The molecule has 0 aliphatic rings. The zero-order chi connectivity index (χ0) is 11.3. The quantitative estimate of drug-likeness (QED) is 0.517. The molecule has 1 aromatic heterocycles. The number of hydrogen-bond acceptors (Lipinski definition) is 5. The molecule has 9 heteroatoms. The molecule has 4 N–H and O–H groups in total. The van der Waals surface area contributed by atoms with Crippen LogP contribution in [0.1, 0.15) is 16.9 Å². The van der Waals surface area contributed by atoms with Gasteiger partial charge in [-0.3, -0.25) is 4.79 Å². The molecule has 1 rings (SSSR count). The van der Waals surface area contributed by atoms with Crippen LogP contribution < -0.4 is 10.5 Å². The van der Waals surface area contributed by atoms with Crippen molar-refractivity contribution in [2.75, 3.05) is 12.3 Å². The van der Waals surface area contributed by atoms with Crippen molar-refractivity contribution in [1.82, 2.24) is 20.7 Å². The number of nitrogens with two attached hydrogens (primary N) is 1. The summed E-state index contributed by atoms with van der Waals surface area (Å²) in [5.41, 5.74) is 0.158. The summed E-state index contributed by atoms with van der Waals surface area (Å²) in [5, 5.41) is 16.6. The van der Waals surface area contributed by atoms with E-state index < -0.39 is 15.9 Å². The number of hydrogen-bond donors (Lipinski definition) is 3. The van der Waals surface area contributed by atoms with Gasteiger partial charge < -0.3 is 5.32 Å². The van der Waals surface area contributed by atoms with Crippen LogP contribution in [0.15, 0.2) is 6.20 Å². The third-order valence-electron chi connectivity index (χ3n) is 1.54. The maximum Gasteiger partial charge on any atom is 0.273 e. The van der Waals surface area contributed by atoms with Gasteiger partial charge in [-0.15, -0.1) is 0 Å². The number of aromatic nitrogens is 3. The predicted octanol–water partition coefficient (Wildman–Crippen LogP) is -1.79. The second-order valence-electron chi connectivity index (χ2n) is 2.83. The molecule has 0 aromatic carbocycles. The minimum atomic E-state index is -3.46. The highest BCUT2D eigenvalue weighted by molar-refractivity contribution is 7.89. The van der Waals surface area contributed by atoms with Crippen LogP contribution in [-0.2, 0) is 10.0 Å². The molecule has 0 unspecified atom stereocenters. The fourth-order valence-corrected chi connectivity index (χ4v) is 1.42. The first-order valence-electron chi connectivity index (χ1n) is 4.13. The number of carbonyl (C=O) groups excluding carboxylic acids is 1. The third-order valence-corrected chi connectivity index (χ3v) is 2.40. The first-order valence-corrected chi connectivity index (χ1v) is 5.85. The Bertz CT molecular complexity index is 412. The summed E-state index contributed by atoms with van der Waals surface area (Å²) in [6, 6.07) is 0. The molecule has 0 aliphatic carbocycles. The van der Waals surface area contributed by atoms with Gasteiger partial charge in [-0.25, -0.2) is 13.6 Å². The highest BCUT2D eigenvalue weighted by atomic mass is 32.2. The summed E-state index contributed by atoms with van der Waals surface area (Å²) < 4.78 is 21.1. The smallest absolute Gasteiger partial charge is 0.273 e. The highest BCUT2D eigenvalue weighted by Crippen LogP contribution is 1.89. The molecule has 1 heterocycles. The second kappa shape index (κ2) is 4.84. The summed E-state index contributed by atoms with van der Waals surface area (Å²) in [4.78, 5) is 11.2. The Morgan fingerprint density at radius 1 is 1.60 bits per heavy atom. The number of amides is 1. The number of nitrogens with one attached hydrogen (secondary N) is 2. The lowest BCUT2D eigenvalue weighted by Gasteiger charge is -2.01. The molecule has 0 saturated carbocycles. The predicted molar refractivity (Wildman–Crippen MR) is 51.3 cm³/mol. The zero-order valence-electron chi connectivity index (χ0n) is 7.80. The second-order valence-corrected chi connectivity index (χ2v) is 4.57. The average Bonchev–Trinajstić information content (AvgIpc) is 2.63. The number of aromatic amines is 1. The van der Waals surface area contributed by atoms with Crippen LogP contribution in [-0.4, -0.2) is 42.0 Å². The van der Waals surface area contributed by atoms with Crippen LogP contribution in [0, 0.1) is 0 Å². The van der Waals surface area contributed by atoms with Gasteiger partial charge in [0.1, 0.15) is 0 Å². The molecule has 1 amide bonds. The van der Waals surface area contributed by atoms with Gasteiger partial charge in [-0.1, -0.05) is 0 Å². The Morgan fingerprint density at radius 2 is 2.33 bits per heavy atom. The number of H-pyrrole nitrogens is 1. The molecule has 15 heavy (non-hydrogen) atoms. The molecule has 0 saturated heterocycles. The number of nitrogens with zero attached hydrogens (tertiary/aromatic N) is 2. The van der Waals surface area contributed by atoms with Crippen molar-refractivity contribution in [3.8, 4) is 0 Å². The average molecular weight is 233 g/mol. The van der Waals surface area contributed by atoms with E-state index >= 15 is 0 Å². The molecular weight excluding hydrogens is 222 g/mol. The Hall–Kier alpha value is -1.48. The molecule has 0 aliphatic heterocycles. The normalized spacial score (nSPS) is 11.3. The summed E-state index contributed by atoms with van der Waals surface area (Å²) in [7, 11) is -3.46. The largest absolute Gasteiger partial charge is 0.351 e. The zero-order valence-corrected chi connectivity index (χ0v) is 8.62. The SMILES string of the molecule is NS(=O)(=O)CCCNC(=O)c1cn[nH]n1. The van der Waals surface area contributed by atoms with Crippen LogP contribution in [0.25, 0.3) is 0 Å². The van der Waals surface area contributed by atoms with E-state index in [9.17, 15) is 13.2 Å². The molecule has 0 spiro atoms. The van der Waals surface area contributed by atoms with E-state index in [4.69, 9.17) is 5.14 Å². The fourth-order valence-electron chi connectivity index (χ4n) is 0.877. The number of carbonyl (C=O) groups is 1. The third kappa shape index (κ3) is 4.51. The molecule has 8 nitrogen and oxygen atoms in total. The Balaban J connectivity index is 2.24. The lowest BCUT2D eigenvalue weighted by molar-refractivity contribution is 0.0948. The van der Waals surface area contributed by atoms with Crippen molar-refractivity contribution in [3.63, 3.8) is 0 Å². The van der Waals surface area contributed by atoms with Crippen LogP contribution in [0.3, 0.4) is 0 Å². The van der Waals surface area contributed by atoms with Gasteiger partial charge in [0, 0.05) is 6.54 Å². The van der Waals surface area contributed by atoms with E-state index in [0.717, 1.165) is 0 Å². The fraction of sp³-hybridized carbons (Fsp3) is 0.500. The van der Waals surface area contributed by atoms with E-state index in [0.29, 0.717) is 0 Å². The minimum Gasteiger partial charge on any atom is -0.351 e. The first kappa shape index (κ1) is 11.6. The van der Waals surface area contributed by atoms with E-state index in [2.05, 4.69) is 20.7 Å². The lowest BCUT2D eigenvalue weighted by Crippen LogP contribution is -2.27. The van der Waals surface area contributed by atoms with Gasteiger partial charge in [0.15, 0.2) is 5.69 Å². The van der Waals surface area contributed by atoms with Gasteiger partial charge >= 0.3 is 0 Å². The van der Waals surface area contributed by atoms with E-state index in [-0.39, 0.29) is 24.4 Å². The summed E-state index contributed by atoms with van der Waals surface area (Å²) in [5.74, 6) is -0.565. The number of sulfonamides is 1. The first-order chi connectivity index (χ1) is 6.99. The van der Waals surface area contributed by atoms with Crippen LogP contribution in [0.2, 0.25) is 0 Å². The molecule has 84 valence electrons.